The number of rotatable bonds is 6. The normalized spacial score (nSPS) is 21.9. The Balaban J connectivity index is 2.39. The summed E-state index contributed by atoms with van der Waals surface area (Å²) in [6.07, 6.45) is 9.22. The van der Waals surface area contributed by atoms with Crippen LogP contribution in [0.1, 0.15) is 52.9 Å². The Labute approximate surface area is 95.3 Å². The lowest BCUT2D eigenvalue weighted by atomic mass is 9.80. The molecule has 1 nitrogen and oxygen atoms in total. The van der Waals surface area contributed by atoms with Gasteiger partial charge in [-0.15, -0.1) is 6.58 Å². The van der Waals surface area contributed by atoms with Crippen molar-refractivity contribution >= 4 is 0 Å². The predicted molar refractivity (Wildman–Crippen MR) is 68.0 cm³/mol. The van der Waals surface area contributed by atoms with Gasteiger partial charge < -0.3 is 5.32 Å². The summed E-state index contributed by atoms with van der Waals surface area (Å²) in [5, 5.41) is 3.54. The first-order chi connectivity index (χ1) is 7.06. The van der Waals surface area contributed by atoms with Crippen LogP contribution in [-0.4, -0.2) is 12.6 Å². The van der Waals surface area contributed by atoms with Crippen LogP contribution in [0.25, 0.3) is 0 Å². The molecule has 1 rings (SSSR count). The summed E-state index contributed by atoms with van der Waals surface area (Å²) >= 11 is 0. The molecule has 88 valence electrons. The molecular weight excluding hydrogens is 182 g/mol. The largest absolute Gasteiger partial charge is 0.314 e. The van der Waals surface area contributed by atoms with E-state index in [2.05, 4.69) is 38.7 Å². The van der Waals surface area contributed by atoms with Crippen molar-refractivity contribution in [1.82, 2.24) is 5.32 Å². The van der Waals surface area contributed by atoms with E-state index in [0.29, 0.717) is 11.5 Å². The number of hydrogen-bond acceptors (Lipinski definition) is 1. The van der Waals surface area contributed by atoms with E-state index in [4.69, 9.17) is 0 Å². The molecule has 1 aliphatic carbocycles. The van der Waals surface area contributed by atoms with Crippen LogP contribution < -0.4 is 5.32 Å². The molecule has 0 heterocycles. The molecule has 0 saturated heterocycles. The van der Waals surface area contributed by atoms with Crippen molar-refractivity contribution in [1.29, 1.82) is 0 Å². The molecule has 0 amide bonds. The van der Waals surface area contributed by atoms with Gasteiger partial charge in [0.15, 0.2) is 0 Å². The minimum absolute atomic E-state index is 0.291. The Morgan fingerprint density at radius 3 is 2.47 bits per heavy atom. The van der Waals surface area contributed by atoms with E-state index >= 15 is 0 Å². The van der Waals surface area contributed by atoms with Crippen molar-refractivity contribution in [2.45, 2.75) is 58.9 Å². The predicted octanol–water partition coefficient (Wildman–Crippen LogP) is 3.76. The molecule has 0 aromatic heterocycles. The van der Waals surface area contributed by atoms with Crippen LogP contribution in [0, 0.1) is 11.3 Å². The fourth-order valence-electron chi connectivity index (χ4n) is 2.54. The first kappa shape index (κ1) is 12.8. The maximum Gasteiger partial charge on any atom is 0.00422 e. The van der Waals surface area contributed by atoms with Crippen molar-refractivity contribution in [3.05, 3.63) is 12.7 Å². The number of nitrogens with one attached hydrogen (secondary N) is 1. The van der Waals surface area contributed by atoms with E-state index in [1.54, 1.807) is 0 Å². The molecular formula is C14H27N. The van der Waals surface area contributed by atoms with Gasteiger partial charge in [-0.1, -0.05) is 52.5 Å². The fraction of sp³-hybridized carbons (Fsp3) is 0.857. The molecule has 0 spiro atoms. The van der Waals surface area contributed by atoms with Crippen LogP contribution in [0.15, 0.2) is 12.7 Å². The van der Waals surface area contributed by atoms with Gasteiger partial charge in [-0.3, -0.25) is 0 Å². The molecule has 0 aliphatic heterocycles. The lowest BCUT2D eigenvalue weighted by Gasteiger charge is -2.30. The van der Waals surface area contributed by atoms with Gasteiger partial charge in [0.05, 0.1) is 0 Å². The summed E-state index contributed by atoms with van der Waals surface area (Å²) < 4.78 is 0. The topological polar surface area (TPSA) is 12.0 Å². The lowest BCUT2D eigenvalue weighted by Crippen LogP contribution is -2.35. The molecule has 0 aromatic rings. The van der Waals surface area contributed by atoms with Crippen molar-refractivity contribution in [2.75, 3.05) is 6.54 Å². The molecule has 1 atom stereocenters. The number of hydrogen-bond donors (Lipinski definition) is 1. The minimum atomic E-state index is 0.291. The average Bonchev–Trinajstić information content (AvgIpc) is 2.67. The van der Waals surface area contributed by atoms with E-state index in [1.165, 1.54) is 32.1 Å². The fourth-order valence-corrected chi connectivity index (χ4v) is 2.54. The Morgan fingerprint density at radius 1 is 1.40 bits per heavy atom. The Morgan fingerprint density at radius 2 is 2.00 bits per heavy atom. The molecule has 0 radical (unpaired) electrons. The first-order valence-electron chi connectivity index (χ1n) is 6.43. The first-order valence-corrected chi connectivity index (χ1v) is 6.43. The maximum atomic E-state index is 4.01. The van der Waals surface area contributed by atoms with Crippen LogP contribution in [0.2, 0.25) is 0 Å². The highest BCUT2D eigenvalue weighted by Crippen LogP contribution is 2.36. The van der Waals surface area contributed by atoms with E-state index < -0.39 is 0 Å². The summed E-state index contributed by atoms with van der Waals surface area (Å²) in [5.41, 5.74) is 0.291. The molecule has 1 N–H and O–H groups in total. The molecule has 1 unspecified atom stereocenters. The van der Waals surface area contributed by atoms with Gasteiger partial charge >= 0.3 is 0 Å². The summed E-state index contributed by atoms with van der Waals surface area (Å²) in [5.74, 6) is 0.946. The molecule has 0 aromatic carbocycles. The smallest absolute Gasteiger partial charge is 0.00422 e. The standard InChI is InChI=1S/C14H27N/c1-5-14(4,11-15-12(2)3)10-13-8-6-7-9-13/h5,12-13,15H,1,6-11H2,2-4H3. The van der Waals surface area contributed by atoms with E-state index in [-0.39, 0.29) is 0 Å². The average molecular weight is 209 g/mol. The second-order valence-corrected chi connectivity index (χ2v) is 5.75. The van der Waals surface area contributed by atoms with Crippen molar-refractivity contribution in [2.24, 2.45) is 11.3 Å². The second-order valence-electron chi connectivity index (χ2n) is 5.75. The van der Waals surface area contributed by atoms with Crippen LogP contribution in [0.5, 0.6) is 0 Å². The highest BCUT2D eigenvalue weighted by atomic mass is 14.9. The van der Waals surface area contributed by atoms with Crippen LogP contribution >= 0.6 is 0 Å². The highest BCUT2D eigenvalue weighted by Gasteiger charge is 2.26. The third-order valence-electron chi connectivity index (χ3n) is 3.64. The monoisotopic (exact) mass is 209 g/mol. The Kier molecular flexibility index (Phi) is 4.85. The lowest BCUT2D eigenvalue weighted by molar-refractivity contribution is 0.288. The zero-order valence-electron chi connectivity index (χ0n) is 10.7. The quantitative estimate of drug-likeness (QED) is 0.657. The van der Waals surface area contributed by atoms with Crippen LogP contribution in [-0.2, 0) is 0 Å². The van der Waals surface area contributed by atoms with Gasteiger partial charge in [-0.2, -0.15) is 0 Å². The van der Waals surface area contributed by atoms with E-state index in [1.807, 2.05) is 0 Å². The van der Waals surface area contributed by atoms with Gasteiger partial charge in [0, 0.05) is 12.6 Å². The highest BCUT2D eigenvalue weighted by molar-refractivity contribution is 4.95. The van der Waals surface area contributed by atoms with Gasteiger partial charge in [0.25, 0.3) is 0 Å². The molecule has 1 fully saturated rings. The molecule has 15 heavy (non-hydrogen) atoms. The second kappa shape index (κ2) is 5.69. The van der Waals surface area contributed by atoms with E-state index in [9.17, 15) is 0 Å². The van der Waals surface area contributed by atoms with Crippen LogP contribution in [0.3, 0.4) is 0 Å². The van der Waals surface area contributed by atoms with Gasteiger partial charge in [0.1, 0.15) is 0 Å². The van der Waals surface area contributed by atoms with Gasteiger partial charge in [-0.05, 0) is 17.8 Å². The Hall–Kier alpha value is -0.300. The summed E-state index contributed by atoms with van der Waals surface area (Å²) in [7, 11) is 0. The SMILES string of the molecule is C=CC(C)(CNC(C)C)CC1CCCC1. The Bertz CT molecular complexity index is 192. The third-order valence-corrected chi connectivity index (χ3v) is 3.64. The van der Waals surface area contributed by atoms with Gasteiger partial charge in [0.2, 0.25) is 0 Å². The third kappa shape index (κ3) is 4.38. The molecule has 0 bridgehead atoms. The zero-order valence-corrected chi connectivity index (χ0v) is 10.7. The molecule has 1 saturated carbocycles. The summed E-state index contributed by atoms with van der Waals surface area (Å²) in [6.45, 7) is 11.8. The van der Waals surface area contributed by atoms with Crippen LogP contribution in [0.4, 0.5) is 0 Å². The summed E-state index contributed by atoms with van der Waals surface area (Å²) in [6, 6.07) is 0.577. The molecule has 1 heteroatoms. The summed E-state index contributed by atoms with van der Waals surface area (Å²) in [4.78, 5) is 0. The minimum Gasteiger partial charge on any atom is -0.314 e. The van der Waals surface area contributed by atoms with Crippen molar-refractivity contribution in [3.8, 4) is 0 Å². The van der Waals surface area contributed by atoms with Gasteiger partial charge in [-0.25, -0.2) is 0 Å². The maximum absolute atomic E-state index is 4.01. The molecule has 1 aliphatic rings. The van der Waals surface area contributed by atoms with Crippen molar-refractivity contribution < 1.29 is 0 Å². The van der Waals surface area contributed by atoms with E-state index in [0.717, 1.165) is 12.5 Å². The van der Waals surface area contributed by atoms with Crippen molar-refractivity contribution in [3.63, 3.8) is 0 Å². The zero-order chi connectivity index (χ0) is 11.3.